The molecule has 1 aromatic rings. The first-order valence-corrected chi connectivity index (χ1v) is 6.88. The summed E-state index contributed by atoms with van der Waals surface area (Å²) in [5, 5.41) is 2.98. The van der Waals surface area contributed by atoms with Gasteiger partial charge in [0.05, 0.1) is 6.54 Å². The van der Waals surface area contributed by atoms with Crippen molar-refractivity contribution >= 4 is 27.5 Å². The van der Waals surface area contributed by atoms with Crippen molar-refractivity contribution in [2.45, 2.75) is 25.4 Å². The predicted octanol–water partition coefficient (Wildman–Crippen LogP) is 1.62. The Morgan fingerprint density at radius 2 is 2.22 bits per heavy atom. The zero-order valence-corrected chi connectivity index (χ0v) is 12.0. The molecule has 0 aliphatic heterocycles. The number of nitrogens with one attached hydrogen (secondary N) is 1. The summed E-state index contributed by atoms with van der Waals surface area (Å²) in [6.07, 6.45) is 2.23. The van der Waals surface area contributed by atoms with Crippen molar-refractivity contribution < 1.29 is 4.79 Å². The molecule has 0 atom stereocenters. The van der Waals surface area contributed by atoms with Gasteiger partial charge in [0.15, 0.2) is 0 Å². The molecule has 18 heavy (non-hydrogen) atoms. The first kappa shape index (κ1) is 13.4. The van der Waals surface area contributed by atoms with Gasteiger partial charge in [-0.1, -0.05) is 15.9 Å². The van der Waals surface area contributed by atoms with Crippen LogP contribution in [0.1, 0.15) is 18.4 Å². The summed E-state index contributed by atoms with van der Waals surface area (Å²) < 4.78 is 0.981. The third-order valence-corrected chi connectivity index (χ3v) is 3.40. The van der Waals surface area contributed by atoms with E-state index in [1.54, 1.807) is 0 Å². The number of carbonyl (C=O) groups excluding carboxylic acids is 1. The Kier molecular flexibility index (Phi) is 4.24. The van der Waals surface area contributed by atoms with Crippen LogP contribution in [0.2, 0.25) is 0 Å². The molecule has 4 nitrogen and oxygen atoms in total. The van der Waals surface area contributed by atoms with Gasteiger partial charge in [-0.3, -0.25) is 4.79 Å². The molecule has 1 aliphatic carbocycles. The lowest BCUT2D eigenvalue weighted by Gasteiger charge is -2.20. The maximum absolute atomic E-state index is 11.7. The van der Waals surface area contributed by atoms with Gasteiger partial charge in [-0.25, -0.2) is 0 Å². The Morgan fingerprint density at radius 1 is 1.50 bits per heavy atom. The molecular formula is C13H18BrN3O. The first-order chi connectivity index (χ1) is 8.58. The lowest BCUT2D eigenvalue weighted by molar-refractivity contribution is -0.119. The fourth-order valence-corrected chi connectivity index (χ4v) is 2.31. The topological polar surface area (TPSA) is 58.4 Å². The molecule has 0 aromatic heterocycles. The largest absolute Gasteiger partial charge is 0.365 e. The van der Waals surface area contributed by atoms with Crippen LogP contribution in [0.5, 0.6) is 0 Å². The number of hydrogen-bond acceptors (Lipinski definition) is 3. The smallest absolute Gasteiger partial charge is 0.239 e. The lowest BCUT2D eigenvalue weighted by Crippen LogP contribution is -2.36. The Labute approximate surface area is 116 Å². The quantitative estimate of drug-likeness (QED) is 0.869. The van der Waals surface area contributed by atoms with E-state index in [9.17, 15) is 4.79 Å². The third kappa shape index (κ3) is 3.71. The molecule has 3 N–H and O–H groups in total. The zero-order chi connectivity index (χ0) is 13.1. The van der Waals surface area contributed by atoms with Crippen LogP contribution in [0.4, 0.5) is 5.69 Å². The van der Waals surface area contributed by atoms with Crippen LogP contribution in [0, 0.1) is 0 Å². The number of likely N-dealkylation sites (N-methyl/N-ethyl adjacent to an activating group) is 1. The Hall–Kier alpha value is -1.07. The van der Waals surface area contributed by atoms with Crippen molar-refractivity contribution in [2.75, 3.05) is 18.5 Å². The Morgan fingerprint density at radius 3 is 2.83 bits per heavy atom. The van der Waals surface area contributed by atoms with Crippen LogP contribution in [-0.2, 0) is 11.3 Å². The number of hydrogen-bond donors (Lipinski definition) is 2. The molecule has 0 spiro atoms. The second kappa shape index (κ2) is 5.71. The zero-order valence-electron chi connectivity index (χ0n) is 10.4. The highest BCUT2D eigenvalue weighted by Gasteiger charge is 2.23. The Balaban J connectivity index is 2.00. The van der Waals surface area contributed by atoms with Crippen LogP contribution in [0.25, 0.3) is 0 Å². The fraction of sp³-hybridized carbons (Fsp3) is 0.462. The van der Waals surface area contributed by atoms with Crippen LogP contribution in [-0.4, -0.2) is 25.5 Å². The van der Waals surface area contributed by atoms with E-state index in [2.05, 4.69) is 21.2 Å². The molecule has 98 valence electrons. The van der Waals surface area contributed by atoms with Crippen molar-refractivity contribution in [3.05, 3.63) is 28.2 Å². The molecule has 1 amide bonds. The highest BCUT2D eigenvalue weighted by molar-refractivity contribution is 9.10. The second-order valence-corrected chi connectivity index (χ2v) is 5.64. The third-order valence-electron chi connectivity index (χ3n) is 2.94. The maximum atomic E-state index is 11.7. The van der Waals surface area contributed by atoms with Crippen molar-refractivity contribution in [2.24, 2.45) is 5.73 Å². The number of rotatable bonds is 5. The molecule has 1 aliphatic rings. The van der Waals surface area contributed by atoms with E-state index in [0.717, 1.165) is 28.6 Å². The monoisotopic (exact) mass is 311 g/mol. The van der Waals surface area contributed by atoms with Crippen molar-refractivity contribution in [3.8, 4) is 0 Å². The number of nitrogens with two attached hydrogens (primary N) is 1. The van der Waals surface area contributed by atoms with Crippen LogP contribution in [0.15, 0.2) is 22.7 Å². The fourth-order valence-electron chi connectivity index (χ4n) is 1.78. The van der Waals surface area contributed by atoms with Crippen molar-refractivity contribution in [1.29, 1.82) is 0 Å². The van der Waals surface area contributed by atoms with E-state index >= 15 is 0 Å². The highest BCUT2D eigenvalue weighted by atomic mass is 79.9. The van der Waals surface area contributed by atoms with Crippen molar-refractivity contribution in [3.63, 3.8) is 0 Å². The average Bonchev–Trinajstić information content (AvgIpc) is 3.11. The lowest BCUT2D eigenvalue weighted by atomic mass is 10.2. The molecule has 0 unspecified atom stereocenters. The summed E-state index contributed by atoms with van der Waals surface area (Å²) in [7, 11) is 1.91. The molecule has 2 rings (SSSR count). The number of benzene rings is 1. The second-order valence-electron chi connectivity index (χ2n) is 4.72. The summed E-state index contributed by atoms with van der Waals surface area (Å²) in [4.78, 5) is 13.7. The normalized spacial score (nSPS) is 14.4. The molecular weight excluding hydrogens is 294 g/mol. The van der Waals surface area contributed by atoms with Crippen LogP contribution < -0.4 is 16.0 Å². The first-order valence-electron chi connectivity index (χ1n) is 6.08. The summed E-state index contributed by atoms with van der Waals surface area (Å²) >= 11 is 3.46. The summed E-state index contributed by atoms with van der Waals surface area (Å²) in [6.45, 7) is 0.867. The highest BCUT2D eigenvalue weighted by Crippen LogP contribution is 2.22. The van der Waals surface area contributed by atoms with E-state index < -0.39 is 0 Å². The number of amides is 1. The van der Waals surface area contributed by atoms with Gasteiger partial charge in [-0.2, -0.15) is 0 Å². The van der Waals surface area contributed by atoms with Crippen LogP contribution in [0.3, 0.4) is 0 Å². The van der Waals surface area contributed by atoms with Gasteiger partial charge >= 0.3 is 0 Å². The average molecular weight is 312 g/mol. The number of carbonyl (C=O) groups is 1. The van der Waals surface area contributed by atoms with Gasteiger partial charge in [0.25, 0.3) is 0 Å². The molecule has 0 saturated heterocycles. The number of anilines is 1. The maximum Gasteiger partial charge on any atom is 0.239 e. The molecule has 1 fully saturated rings. The van der Waals surface area contributed by atoms with E-state index in [-0.39, 0.29) is 5.91 Å². The summed E-state index contributed by atoms with van der Waals surface area (Å²) in [6, 6.07) is 6.40. The molecule has 0 heterocycles. The molecule has 1 aromatic carbocycles. The minimum Gasteiger partial charge on any atom is -0.365 e. The van der Waals surface area contributed by atoms with E-state index in [0.29, 0.717) is 19.1 Å². The van der Waals surface area contributed by atoms with Gasteiger partial charge in [0.1, 0.15) is 0 Å². The molecule has 5 heteroatoms. The van der Waals surface area contributed by atoms with E-state index in [4.69, 9.17) is 5.73 Å². The standard InChI is InChI=1S/C13H18BrN3O/c1-17(8-13(18)16-11-2-3-11)12-5-9(7-15)4-10(14)6-12/h4-6,11H,2-3,7-8,15H2,1H3,(H,16,18). The molecule has 0 bridgehead atoms. The van der Waals surface area contributed by atoms with Gasteiger partial charge in [0.2, 0.25) is 5.91 Å². The predicted molar refractivity (Wildman–Crippen MR) is 76.5 cm³/mol. The Bertz CT molecular complexity index is 446. The van der Waals surface area contributed by atoms with Gasteiger partial charge in [-0.15, -0.1) is 0 Å². The minimum absolute atomic E-state index is 0.0780. The molecule has 1 saturated carbocycles. The number of halogens is 1. The van der Waals surface area contributed by atoms with Crippen molar-refractivity contribution in [1.82, 2.24) is 5.32 Å². The van der Waals surface area contributed by atoms with Crippen LogP contribution >= 0.6 is 15.9 Å². The summed E-state index contributed by atoms with van der Waals surface area (Å²) in [5.41, 5.74) is 7.69. The molecule has 0 radical (unpaired) electrons. The SMILES string of the molecule is CN(CC(=O)NC1CC1)c1cc(Br)cc(CN)c1. The van der Waals surface area contributed by atoms with E-state index in [1.807, 2.05) is 30.1 Å². The summed E-state index contributed by atoms with van der Waals surface area (Å²) in [5.74, 6) is 0.0780. The minimum atomic E-state index is 0.0780. The van der Waals surface area contributed by atoms with Gasteiger partial charge in [0, 0.05) is 29.8 Å². The van der Waals surface area contributed by atoms with Gasteiger partial charge < -0.3 is 16.0 Å². The van der Waals surface area contributed by atoms with Gasteiger partial charge in [-0.05, 0) is 36.6 Å². The van der Waals surface area contributed by atoms with E-state index in [1.165, 1.54) is 0 Å². The number of nitrogens with zero attached hydrogens (tertiary/aromatic N) is 1.